The summed E-state index contributed by atoms with van der Waals surface area (Å²) < 4.78 is 0. The number of amides is 1. The predicted octanol–water partition coefficient (Wildman–Crippen LogP) is 4.51. The highest BCUT2D eigenvalue weighted by atomic mass is 32.1. The van der Waals surface area contributed by atoms with Gasteiger partial charge >= 0.3 is 0 Å². The molecule has 0 fully saturated rings. The van der Waals surface area contributed by atoms with Crippen molar-refractivity contribution in [1.29, 1.82) is 0 Å². The second kappa shape index (κ2) is 6.15. The number of aromatic nitrogens is 2. The van der Waals surface area contributed by atoms with Gasteiger partial charge in [-0.05, 0) is 52.1 Å². The molecule has 1 aromatic carbocycles. The van der Waals surface area contributed by atoms with Gasteiger partial charge in [0.2, 0.25) is 0 Å². The van der Waals surface area contributed by atoms with Crippen molar-refractivity contribution in [3.05, 3.63) is 58.5 Å². The molecule has 0 aliphatic carbocycles. The van der Waals surface area contributed by atoms with Crippen molar-refractivity contribution in [3.63, 3.8) is 0 Å². The number of aromatic amines is 1. The van der Waals surface area contributed by atoms with Crippen LogP contribution in [0.3, 0.4) is 0 Å². The Morgan fingerprint density at radius 3 is 2.77 bits per heavy atom. The van der Waals surface area contributed by atoms with Crippen molar-refractivity contribution in [2.45, 2.75) is 19.8 Å². The minimum absolute atomic E-state index is 0.203. The van der Waals surface area contributed by atoms with Crippen LogP contribution in [-0.4, -0.2) is 16.1 Å². The van der Waals surface area contributed by atoms with Crippen molar-refractivity contribution in [3.8, 4) is 11.1 Å². The van der Waals surface area contributed by atoms with Crippen LogP contribution in [0, 0.1) is 0 Å². The highest BCUT2D eigenvalue weighted by Gasteiger charge is 2.12. The summed E-state index contributed by atoms with van der Waals surface area (Å²) >= 11 is 1.65. The average Bonchev–Trinajstić information content (AvgIpc) is 3.19. The Morgan fingerprint density at radius 1 is 1.23 bits per heavy atom. The number of carbonyl (C=O) groups is 1. The average molecular weight is 311 g/mol. The van der Waals surface area contributed by atoms with E-state index in [1.165, 1.54) is 0 Å². The van der Waals surface area contributed by atoms with E-state index in [0.717, 1.165) is 22.5 Å². The van der Waals surface area contributed by atoms with Gasteiger partial charge in [-0.1, -0.05) is 26.0 Å². The van der Waals surface area contributed by atoms with Crippen LogP contribution < -0.4 is 5.32 Å². The Bertz CT molecular complexity index is 775. The molecule has 0 unspecified atom stereocenters. The number of hydrogen-bond acceptors (Lipinski definition) is 3. The number of carbonyl (C=O) groups excluding carboxylic acids is 1. The Balaban J connectivity index is 1.77. The maximum absolute atomic E-state index is 12.3. The number of hydrogen-bond donors (Lipinski definition) is 2. The van der Waals surface area contributed by atoms with Crippen molar-refractivity contribution < 1.29 is 4.79 Å². The summed E-state index contributed by atoms with van der Waals surface area (Å²) in [5.74, 6) is 0.113. The summed E-state index contributed by atoms with van der Waals surface area (Å²) in [6, 6.07) is 11.7. The summed E-state index contributed by atoms with van der Waals surface area (Å²) in [6.45, 7) is 4.11. The van der Waals surface area contributed by atoms with Gasteiger partial charge < -0.3 is 5.32 Å². The van der Waals surface area contributed by atoms with Gasteiger partial charge in [0, 0.05) is 11.4 Å². The molecule has 0 aliphatic heterocycles. The topological polar surface area (TPSA) is 57.8 Å². The lowest BCUT2D eigenvalue weighted by Gasteiger charge is -2.05. The first-order valence-electron chi connectivity index (χ1n) is 7.13. The van der Waals surface area contributed by atoms with Crippen LogP contribution >= 0.6 is 11.3 Å². The van der Waals surface area contributed by atoms with Crippen LogP contribution in [0.15, 0.2) is 47.2 Å². The van der Waals surface area contributed by atoms with Crippen molar-refractivity contribution in [2.24, 2.45) is 0 Å². The van der Waals surface area contributed by atoms with E-state index in [2.05, 4.69) is 40.8 Å². The largest absolute Gasteiger partial charge is 0.321 e. The summed E-state index contributed by atoms with van der Waals surface area (Å²) in [5, 5.41) is 14.0. The van der Waals surface area contributed by atoms with Crippen LogP contribution in [-0.2, 0) is 0 Å². The number of H-pyrrole nitrogens is 1. The van der Waals surface area contributed by atoms with Crippen LogP contribution in [0.1, 0.15) is 35.9 Å². The molecule has 22 heavy (non-hydrogen) atoms. The fraction of sp³-hybridized carbons (Fsp3) is 0.176. The molecule has 0 aliphatic rings. The van der Waals surface area contributed by atoms with Gasteiger partial charge in [-0.25, -0.2) is 0 Å². The molecular weight excluding hydrogens is 294 g/mol. The second-order valence-electron chi connectivity index (χ2n) is 5.41. The number of rotatable bonds is 4. The minimum Gasteiger partial charge on any atom is -0.321 e. The Morgan fingerprint density at radius 2 is 2.09 bits per heavy atom. The SMILES string of the molecule is CC(C)c1cc(C(=O)Nc2cccc(-c3ccsc3)c2)n[nH]1. The van der Waals surface area contributed by atoms with Gasteiger partial charge in [0.1, 0.15) is 0 Å². The molecule has 0 spiro atoms. The Labute approximate surface area is 133 Å². The fourth-order valence-electron chi connectivity index (χ4n) is 2.15. The first kappa shape index (κ1) is 14.5. The maximum atomic E-state index is 12.3. The smallest absolute Gasteiger partial charge is 0.276 e. The molecule has 2 aromatic heterocycles. The maximum Gasteiger partial charge on any atom is 0.276 e. The molecular formula is C17H17N3OS. The standard InChI is InChI=1S/C17H17N3OS/c1-11(2)15-9-16(20-19-15)17(21)18-14-5-3-4-12(8-14)13-6-7-22-10-13/h3-11H,1-2H3,(H,18,21)(H,19,20). The van der Waals surface area contributed by atoms with Gasteiger partial charge in [-0.15, -0.1) is 0 Å². The first-order chi connectivity index (χ1) is 10.6. The number of thiophene rings is 1. The zero-order valence-corrected chi connectivity index (χ0v) is 13.3. The van der Waals surface area contributed by atoms with Crippen molar-refractivity contribution in [2.75, 3.05) is 5.32 Å². The highest BCUT2D eigenvalue weighted by Crippen LogP contribution is 2.25. The van der Waals surface area contributed by atoms with Gasteiger partial charge in [-0.2, -0.15) is 16.4 Å². The lowest BCUT2D eigenvalue weighted by molar-refractivity contribution is 0.102. The van der Waals surface area contributed by atoms with Crippen molar-refractivity contribution in [1.82, 2.24) is 10.2 Å². The van der Waals surface area contributed by atoms with E-state index < -0.39 is 0 Å². The van der Waals surface area contributed by atoms with E-state index in [9.17, 15) is 4.79 Å². The van der Waals surface area contributed by atoms with Crippen LogP contribution in [0.4, 0.5) is 5.69 Å². The molecule has 5 heteroatoms. The van der Waals surface area contributed by atoms with E-state index in [-0.39, 0.29) is 5.91 Å². The second-order valence-corrected chi connectivity index (χ2v) is 6.19. The summed E-state index contributed by atoms with van der Waals surface area (Å²) in [7, 11) is 0. The molecule has 112 valence electrons. The molecule has 0 radical (unpaired) electrons. The summed E-state index contributed by atoms with van der Waals surface area (Å²) in [4.78, 5) is 12.3. The molecule has 1 amide bonds. The van der Waals surface area contributed by atoms with E-state index in [1.54, 1.807) is 17.4 Å². The number of anilines is 1. The molecule has 0 saturated carbocycles. The lowest BCUT2D eigenvalue weighted by atomic mass is 10.1. The zero-order chi connectivity index (χ0) is 15.5. The van der Waals surface area contributed by atoms with E-state index in [1.807, 2.05) is 29.6 Å². The summed E-state index contributed by atoms with van der Waals surface area (Å²) in [5.41, 5.74) is 4.37. The van der Waals surface area contributed by atoms with Crippen LogP contribution in [0.2, 0.25) is 0 Å². The summed E-state index contributed by atoms with van der Waals surface area (Å²) in [6.07, 6.45) is 0. The monoisotopic (exact) mass is 311 g/mol. The third kappa shape index (κ3) is 3.09. The van der Waals surface area contributed by atoms with E-state index in [4.69, 9.17) is 0 Å². The molecule has 3 rings (SSSR count). The molecule has 0 atom stereocenters. The molecule has 2 N–H and O–H groups in total. The molecule has 4 nitrogen and oxygen atoms in total. The van der Waals surface area contributed by atoms with Gasteiger partial charge in [0.25, 0.3) is 5.91 Å². The zero-order valence-electron chi connectivity index (χ0n) is 12.5. The molecule has 0 bridgehead atoms. The van der Waals surface area contributed by atoms with E-state index in [0.29, 0.717) is 11.6 Å². The Kier molecular flexibility index (Phi) is 4.06. The number of nitrogens with zero attached hydrogens (tertiary/aromatic N) is 1. The van der Waals surface area contributed by atoms with Crippen LogP contribution in [0.25, 0.3) is 11.1 Å². The van der Waals surface area contributed by atoms with E-state index >= 15 is 0 Å². The Hall–Kier alpha value is -2.40. The third-order valence-electron chi connectivity index (χ3n) is 3.43. The predicted molar refractivity (Wildman–Crippen MR) is 90.4 cm³/mol. The van der Waals surface area contributed by atoms with Gasteiger partial charge in [-0.3, -0.25) is 9.89 Å². The highest BCUT2D eigenvalue weighted by molar-refractivity contribution is 7.08. The third-order valence-corrected chi connectivity index (χ3v) is 4.11. The first-order valence-corrected chi connectivity index (χ1v) is 8.07. The fourth-order valence-corrected chi connectivity index (χ4v) is 2.81. The minimum atomic E-state index is -0.203. The normalized spacial score (nSPS) is 10.9. The molecule has 2 heterocycles. The van der Waals surface area contributed by atoms with Gasteiger partial charge in [0.05, 0.1) is 0 Å². The molecule has 0 saturated heterocycles. The number of benzene rings is 1. The van der Waals surface area contributed by atoms with Gasteiger partial charge in [0.15, 0.2) is 5.69 Å². The quantitative estimate of drug-likeness (QED) is 0.744. The number of nitrogens with one attached hydrogen (secondary N) is 2. The van der Waals surface area contributed by atoms with Crippen molar-refractivity contribution >= 4 is 22.9 Å². The lowest BCUT2D eigenvalue weighted by Crippen LogP contribution is -2.12. The van der Waals surface area contributed by atoms with Crippen LogP contribution in [0.5, 0.6) is 0 Å². The molecule has 3 aromatic rings.